The lowest BCUT2D eigenvalue weighted by molar-refractivity contribution is -0.111. The number of ketones is 1. The third-order valence-corrected chi connectivity index (χ3v) is 5.42. The van der Waals surface area contributed by atoms with E-state index in [0.717, 1.165) is 12.2 Å². The predicted octanol–water partition coefficient (Wildman–Crippen LogP) is 7.30. The smallest absolute Gasteiger partial charge is 0.343 e. The van der Waals surface area contributed by atoms with E-state index in [-0.39, 0.29) is 17.1 Å². The Bertz CT molecular complexity index is 906. The van der Waals surface area contributed by atoms with Gasteiger partial charge in [0.25, 0.3) is 0 Å². The van der Waals surface area contributed by atoms with Crippen molar-refractivity contribution in [2.24, 2.45) is 0 Å². The SMILES string of the molecule is CCCCCCCCCCOc1ccc(C(=O)Oc2ccc(/C(C(C)=O)=C(\C)O)cc2)cc1. The van der Waals surface area contributed by atoms with Crippen molar-refractivity contribution in [1.82, 2.24) is 0 Å². The fourth-order valence-electron chi connectivity index (χ4n) is 3.64. The van der Waals surface area contributed by atoms with Gasteiger partial charge in [-0.2, -0.15) is 0 Å². The van der Waals surface area contributed by atoms with Crippen LogP contribution in [0.25, 0.3) is 5.57 Å². The lowest BCUT2D eigenvalue weighted by atomic mass is 10.0. The molecule has 178 valence electrons. The zero-order valence-electron chi connectivity index (χ0n) is 20.1. The van der Waals surface area contributed by atoms with Crippen LogP contribution in [0.5, 0.6) is 11.5 Å². The highest BCUT2D eigenvalue weighted by molar-refractivity contribution is 6.20. The summed E-state index contributed by atoms with van der Waals surface area (Å²) in [6.45, 7) is 5.77. The molecule has 5 nitrogen and oxygen atoms in total. The zero-order chi connectivity index (χ0) is 24.1. The Morgan fingerprint density at radius 1 is 0.727 bits per heavy atom. The number of aliphatic hydroxyl groups is 1. The lowest BCUT2D eigenvalue weighted by Crippen LogP contribution is -2.08. The number of rotatable bonds is 14. The minimum atomic E-state index is -0.474. The minimum Gasteiger partial charge on any atom is -0.512 e. The molecule has 5 heteroatoms. The highest BCUT2D eigenvalue weighted by Gasteiger charge is 2.13. The van der Waals surface area contributed by atoms with Crippen molar-refractivity contribution in [1.29, 1.82) is 0 Å². The molecule has 0 fully saturated rings. The molecule has 0 saturated heterocycles. The molecule has 0 aliphatic rings. The predicted molar refractivity (Wildman–Crippen MR) is 132 cm³/mol. The highest BCUT2D eigenvalue weighted by atomic mass is 16.5. The molecule has 0 aliphatic carbocycles. The largest absolute Gasteiger partial charge is 0.512 e. The van der Waals surface area contributed by atoms with Crippen LogP contribution in [0.2, 0.25) is 0 Å². The van der Waals surface area contributed by atoms with Gasteiger partial charge in [-0.1, -0.05) is 64.0 Å². The van der Waals surface area contributed by atoms with Crippen LogP contribution < -0.4 is 9.47 Å². The third-order valence-electron chi connectivity index (χ3n) is 5.42. The molecule has 0 aromatic heterocycles. The summed E-state index contributed by atoms with van der Waals surface area (Å²) in [5.74, 6) is 0.346. The molecular weight excluding hydrogens is 416 g/mol. The number of hydrogen-bond donors (Lipinski definition) is 1. The number of allylic oxidation sites excluding steroid dienone is 2. The maximum Gasteiger partial charge on any atom is 0.343 e. The van der Waals surface area contributed by atoms with Crippen LogP contribution in [-0.4, -0.2) is 23.5 Å². The van der Waals surface area contributed by atoms with E-state index in [1.54, 1.807) is 48.5 Å². The van der Waals surface area contributed by atoms with E-state index in [1.807, 2.05) is 0 Å². The van der Waals surface area contributed by atoms with Crippen LogP contribution in [0, 0.1) is 0 Å². The van der Waals surface area contributed by atoms with Gasteiger partial charge in [-0.3, -0.25) is 4.79 Å². The number of benzene rings is 2. The topological polar surface area (TPSA) is 72.8 Å². The maximum absolute atomic E-state index is 12.4. The number of carbonyl (C=O) groups excluding carboxylic acids is 2. The molecule has 33 heavy (non-hydrogen) atoms. The van der Waals surface area contributed by atoms with E-state index >= 15 is 0 Å². The van der Waals surface area contributed by atoms with Crippen molar-refractivity contribution in [2.75, 3.05) is 6.61 Å². The van der Waals surface area contributed by atoms with Crippen LogP contribution >= 0.6 is 0 Å². The zero-order valence-corrected chi connectivity index (χ0v) is 20.1. The van der Waals surface area contributed by atoms with E-state index in [1.165, 1.54) is 58.8 Å². The number of unbranched alkanes of at least 4 members (excludes halogenated alkanes) is 7. The average Bonchev–Trinajstić information content (AvgIpc) is 2.79. The van der Waals surface area contributed by atoms with Gasteiger partial charge >= 0.3 is 5.97 Å². The van der Waals surface area contributed by atoms with Gasteiger partial charge in [0.15, 0.2) is 5.78 Å². The Hall–Kier alpha value is -3.08. The van der Waals surface area contributed by atoms with Gasteiger partial charge in [-0.15, -0.1) is 0 Å². The number of hydrogen-bond acceptors (Lipinski definition) is 5. The third kappa shape index (κ3) is 9.13. The van der Waals surface area contributed by atoms with Gasteiger partial charge in [-0.25, -0.2) is 4.79 Å². The fraction of sp³-hybridized carbons (Fsp3) is 0.429. The van der Waals surface area contributed by atoms with E-state index < -0.39 is 5.97 Å². The molecule has 1 N–H and O–H groups in total. The molecule has 0 amide bonds. The molecule has 0 heterocycles. The summed E-state index contributed by atoms with van der Waals surface area (Å²) in [5.41, 5.74) is 1.24. The first-order valence-electron chi connectivity index (χ1n) is 11.9. The van der Waals surface area contributed by atoms with E-state index in [0.29, 0.717) is 23.5 Å². The van der Waals surface area contributed by atoms with Gasteiger partial charge in [0.2, 0.25) is 0 Å². The number of carbonyl (C=O) groups is 2. The van der Waals surface area contributed by atoms with Crippen LogP contribution in [0.1, 0.15) is 88.1 Å². The first-order valence-corrected chi connectivity index (χ1v) is 11.9. The molecular formula is C28H36O5. The fourth-order valence-corrected chi connectivity index (χ4v) is 3.64. The Labute approximate surface area is 197 Å². The Kier molecular flexibility index (Phi) is 11.2. The first kappa shape index (κ1) is 26.2. The summed E-state index contributed by atoms with van der Waals surface area (Å²) < 4.78 is 11.2. The first-order chi connectivity index (χ1) is 15.9. The lowest BCUT2D eigenvalue weighted by Gasteiger charge is -2.09. The standard InChI is InChI=1S/C28H36O5/c1-4-5-6-7-8-9-10-11-20-32-25-16-14-24(15-17-25)28(31)33-26-18-12-23(13-19-26)27(21(2)29)22(3)30/h12-19,29H,4-11,20H2,1-3H3/b27-21+. The second-order valence-electron chi connectivity index (χ2n) is 8.28. The van der Waals surface area contributed by atoms with Crippen molar-refractivity contribution in [3.63, 3.8) is 0 Å². The van der Waals surface area contributed by atoms with Gasteiger partial charge in [0, 0.05) is 0 Å². The maximum atomic E-state index is 12.4. The van der Waals surface area contributed by atoms with Crippen LogP contribution in [0.15, 0.2) is 54.3 Å². The normalized spacial score (nSPS) is 11.6. The number of ether oxygens (including phenoxy) is 2. The summed E-state index contributed by atoms with van der Waals surface area (Å²) in [6, 6.07) is 13.4. The monoisotopic (exact) mass is 452 g/mol. The Balaban J connectivity index is 1.77. The van der Waals surface area contributed by atoms with Crippen LogP contribution in [0.4, 0.5) is 0 Å². The molecule has 2 rings (SSSR count). The quantitative estimate of drug-likeness (QED) is 0.107. The molecule has 0 atom stereocenters. The summed E-state index contributed by atoms with van der Waals surface area (Å²) in [6.07, 6.45) is 10.1. The van der Waals surface area contributed by atoms with Crippen LogP contribution in [0.3, 0.4) is 0 Å². The summed E-state index contributed by atoms with van der Waals surface area (Å²) in [5, 5.41) is 9.71. The Morgan fingerprint density at radius 2 is 1.24 bits per heavy atom. The molecule has 0 radical (unpaired) electrons. The van der Waals surface area contributed by atoms with Crippen molar-refractivity contribution in [3.05, 3.63) is 65.4 Å². The second-order valence-corrected chi connectivity index (χ2v) is 8.28. The van der Waals surface area contributed by atoms with E-state index in [4.69, 9.17) is 9.47 Å². The van der Waals surface area contributed by atoms with Gasteiger partial charge in [0.05, 0.1) is 17.7 Å². The molecule has 0 spiro atoms. The van der Waals surface area contributed by atoms with Crippen molar-refractivity contribution < 1.29 is 24.2 Å². The minimum absolute atomic E-state index is 0.0445. The summed E-state index contributed by atoms with van der Waals surface area (Å²) in [7, 11) is 0. The molecule has 0 aliphatic heterocycles. The van der Waals surface area contributed by atoms with Crippen molar-refractivity contribution >= 4 is 17.3 Å². The van der Waals surface area contributed by atoms with Gasteiger partial charge in [0.1, 0.15) is 17.3 Å². The van der Waals surface area contributed by atoms with Gasteiger partial charge in [-0.05, 0) is 62.2 Å². The summed E-state index contributed by atoms with van der Waals surface area (Å²) in [4.78, 5) is 24.1. The van der Waals surface area contributed by atoms with Crippen molar-refractivity contribution in [2.45, 2.75) is 72.1 Å². The average molecular weight is 453 g/mol. The molecule has 2 aromatic rings. The summed E-state index contributed by atoms with van der Waals surface area (Å²) >= 11 is 0. The molecule has 0 saturated carbocycles. The van der Waals surface area contributed by atoms with Crippen LogP contribution in [-0.2, 0) is 4.79 Å². The number of aliphatic hydroxyl groups excluding tert-OH is 1. The van der Waals surface area contributed by atoms with E-state index in [9.17, 15) is 14.7 Å². The van der Waals surface area contributed by atoms with Crippen molar-refractivity contribution in [3.8, 4) is 11.5 Å². The Morgan fingerprint density at radius 3 is 1.79 bits per heavy atom. The number of esters is 1. The molecule has 2 aromatic carbocycles. The number of Topliss-reactive ketones (excluding diaryl/α,β-unsaturated/α-hetero) is 1. The molecule has 0 unspecified atom stereocenters. The highest BCUT2D eigenvalue weighted by Crippen LogP contribution is 2.23. The van der Waals surface area contributed by atoms with Gasteiger partial charge < -0.3 is 14.6 Å². The second kappa shape index (κ2) is 14.1. The molecule has 0 bridgehead atoms. The van der Waals surface area contributed by atoms with E-state index in [2.05, 4.69) is 6.92 Å².